The quantitative estimate of drug-likeness (QED) is 0.445. The zero-order valence-electron chi connectivity index (χ0n) is 16.6. The van der Waals surface area contributed by atoms with Gasteiger partial charge in [-0.15, -0.1) is 0 Å². The van der Waals surface area contributed by atoms with E-state index >= 15 is 0 Å². The van der Waals surface area contributed by atoms with Gasteiger partial charge in [-0.2, -0.15) is 4.98 Å². The number of benzene rings is 3. The van der Waals surface area contributed by atoms with Crippen LogP contribution in [0.4, 0.5) is 10.2 Å². The summed E-state index contributed by atoms with van der Waals surface area (Å²) >= 11 is 0. The number of nitrogens with one attached hydrogen (secondary N) is 1. The van der Waals surface area contributed by atoms with Crippen LogP contribution >= 0.6 is 0 Å². The van der Waals surface area contributed by atoms with Crippen LogP contribution in [0.1, 0.15) is 11.5 Å². The predicted octanol–water partition coefficient (Wildman–Crippen LogP) is 4.88. The Balaban J connectivity index is 1.80. The van der Waals surface area contributed by atoms with Crippen LogP contribution < -0.4 is 9.46 Å². The molecule has 0 unspecified atom stereocenters. The topological polar surface area (TPSA) is 81.4 Å². The van der Waals surface area contributed by atoms with Gasteiger partial charge in [0.2, 0.25) is 5.89 Å². The van der Waals surface area contributed by atoms with Gasteiger partial charge in [0.15, 0.2) is 23.1 Å². The summed E-state index contributed by atoms with van der Waals surface area (Å²) in [5.41, 5.74) is 1.18. The maximum atomic E-state index is 14.3. The second-order valence-corrected chi connectivity index (χ2v) is 8.37. The highest BCUT2D eigenvalue weighted by Crippen LogP contribution is 2.38. The van der Waals surface area contributed by atoms with Gasteiger partial charge < -0.3 is 9.15 Å². The third-order valence-corrected chi connectivity index (χ3v) is 5.92. The van der Waals surface area contributed by atoms with Crippen LogP contribution in [0.2, 0.25) is 0 Å². The summed E-state index contributed by atoms with van der Waals surface area (Å²) in [6, 6.07) is 21.7. The van der Waals surface area contributed by atoms with Gasteiger partial charge >= 0.3 is 0 Å². The summed E-state index contributed by atoms with van der Waals surface area (Å²) < 4.78 is 53.6. The molecule has 31 heavy (non-hydrogen) atoms. The van der Waals surface area contributed by atoms with Gasteiger partial charge in [0.1, 0.15) is 0 Å². The highest BCUT2D eigenvalue weighted by Gasteiger charge is 2.25. The molecular formula is C23H19FN2O4S. The minimum absolute atomic E-state index is 0.0429. The predicted molar refractivity (Wildman–Crippen MR) is 115 cm³/mol. The van der Waals surface area contributed by atoms with Crippen molar-refractivity contribution in [1.29, 1.82) is 0 Å². The number of hydrogen-bond donors (Lipinski definition) is 1. The first-order valence-electron chi connectivity index (χ1n) is 9.42. The van der Waals surface area contributed by atoms with E-state index in [9.17, 15) is 12.8 Å². The van der Waals surface area contributed by atoms with E-state index < -0.39 is 15.8 Å². The van der Waals surface area contributed by atoms with Crippen molar-refractivity contribution in [3.05, 3.63) is 96.1 Å². The molecule has 6 nitrogen and oxygen atoms in total. The Morgan fingerprint density at radius 3 is 2.32 bits per heavy atom. The number of nitrogens with zero attached hydrogens (tertiary/aromatic N) is 1. The molecule has 1 N–H and O–H groups in total. The summed E-state index contributed by atoms with van der Waals surface area (Å²) in [6.07, 6.45) is 0.332. The van der Waals surface area contributed by atoms with Crippen molar-refractivity contribution in [2.45, 2.75) is 11.3 Å². The third kappa shape index (κ3) is 4.44. The molecule has 8 heteroatoms. The molecular weight excluding hydrogens is 419 g/mol. The fourth-order valence-corrected chi connectivity index (χ4v) is 4.17. The van der Waals surface area contributed by atoms with E-state index in [-0.39, 0.29) is 33.7 Å². The minimum Gasteiger partial charge on any atom is -0.493 e. The highest BCUT2D eigenvalue weighted by molar-refractivity contribution is 7.92. The second kappa shape index (κ2) is 8.61. The smallest absolute Gasteiger partial charge is 0.263 e. The zero-order valence-corrected chi connectivity index (χ0v) is 17.4. The molecule has 0 saturated carbocycles. The molecule has 4 aromatic rings. The number of anilines is 1. The van der Waals surface area contributed by atoms with Crippen molar-refractivity contribution in [2.24, 2.45) is 0 Å². The molecule has 0 aliphatic heterocycles. The Bertz CT molecular complexity index is 1290. The third-order valence-electron chi connectivity index (χ3n) is 4.57. The molecule has 0 bridgehead atoms. The van der Waals surface area contributed by atoms with E-state index in [1.54, 1.807) is 24.3 Å². The maximum absolute atomic E-state index is 14.3. The summed E-state index contributed by atoms with van der Waals surface area (Å²) in [4.78, 5) is 4.43. The average Bonchev–Trinajstić information content (AvgIpc) is 3.16. The van der Waals surface area contributed by atoms with Crippen molar-refractivity contribution in [2.75, 3.05) is 11.8 Å². The van der Waals surface area contributed by atoms with Crippen LogP contribution in [0, 0.1) is 5.82 Å². The number of aromatic nitrogens is 1. The van der Waals surface area contributed by atoms with Crippen LogP contribution in [0.3, 0.4) is 0 Å². The van der Waals surface area contributed by atoms with Crippen LogP contribution in [0.25, 0.3) is 11.3 Å². The van der Waals surface area contributed by atoms with Gasteiger partial charge in [0.25, 0.3) is 10.0 Å². The number of oxazole rings is 1. The van der Waals surface area contributed by atoms with Crippen LogP contribution in [0.5, 0.6) is 5.75 Å². The fourth-order valence-electron chi connectivity index (χ4n) is 3.14. The first kappa shape index (κ1) is 20.6. The van der Waals surface area contributed by atoms with Gasteiger partial charge in [0.05, 0.1) is 17.6 Å². The van der Waals surface area contributed by atoms with Crippen LogP contribution in [-0.2, 0) is 16.4 Å². The van der Waals surface area contributed by atoms with E-state index in [0.29, 0.717) is 6.42 Å². The Labute approximate surface area is 179 Å². The lowest BCUT2D eigenvalue weighted by molar-refractivity contribution is 0.386. The molecule has 3 aromatic carbocycles. The van der Waals surface area contributed by atoms with Crippen molar-refractivity contribution in [3.8, 4) is 17.1 Å². The van der Waals surface area contributed by atoms with Crippen molar-refractivity contribution in [1.82, 2.24) is 4.98 Å². The number of para-hydroxylation sites is 1. The normalized spacial score (nSPS) is 11.3. The van der Waals surface area contributed by atoms with Crippen LogP contribution in [-0.4, -0.2) is 20.5 Å². The summed E-state index contributed by atoms with van der Waals surface area (Å²) in [6.45, 7) is 0. The first-order valence-corrected chi connectivity index (χ1v) is 10.9. The lowest BCUT2D eigenvalue weighted by Gasteiger charge is -2.10. The lowest BCUT2D eigenvalue weighted by Crippen LogP contribution is -2.13. The molecule has 158 valence electrons. The highest BCUT2D eigenvalue weighted by atomic mass is 32.2. The van der Waals surface area contributed by atoms with Gasteiger partial charge in [-0.1, -0.05) is 54.6 Å². The summed E-state index contributed by atoms with van der Waals surface area (Å²) in [7, 11) is -2.61. The number of hydrogen-bond acceptors (Lipinski definition) is 5. The van der Waals surface area contributed by atoms with Gasteiger partial charge in [0, 0.05) is 6.42 Å². The summed E-state index contributed by atoms with van der Waals surface area (Å²) in [5, 5.41) is 0. The maximum Gasteiger partial charge on any atom is 0.263 e. The molecule has 0 saturated heterocycles. The number of rotatable bonds is 7. The van der Waals surface area contributed by atoms with E-state index in [2.05, 4.69) is 9.71 Å². The molecule has 1 heterocycles. The van der Waals surface area contributed by atoms with Crippen molar-refractivity contribution >= 4 is 15.8 Å². The number of halogens is 1. The van der Waals surface area contributed by atoms with E-state index in [1.807, 2.05) is 30.3 Å². The molecule has 0 atom stereocenters. The molecule has 0 radical (unpaired) electrons. The molecule has 1 aromatic heterocycles. The number of methoxy groups -OCH3 is 1. The standard InChI is InChI=1S/C23H19FN2O4S/c1-29-21-18(13-8-14-19(21)24)22-23(26-31(27,28)17-11-6-3-7-12-17)25-20(30-22)15-16-9-4-2-5-10-16/h2-14,26H,15H2,1H3. The van der Waals surface area contributed by atoms with Gasteiger partial charge in [-0.3, -0.25) is 4.72 Å². The minimum atomic E-state index is -3.94. The van der Waals surface area contributed by atoms with Crippen LogP contribution in [0.15, 0.2) is 88.2 Å². The van der Waals surface area contributed by atoms with E-state index in [0.717, 1.165) is 5.56 Å². The van der Waals surface area contributed by atoms with Crippen molar-refractivity contribution < 1.29 is 22.0 Å². The molecule has 0 spiro atoms. The molecule has 0 amide bonds. The Hall–Kier alpha value is -3.65. The largest absolute Gasteiger partial charge is 0.493 e. The molecule has 0 aliphatic rings. The Kier molecular flexibility index (Phi) is 5.73. The number of sulfonamides is 1. The summed E-state index contributed by atoms with van der Waals surface area (Å²) in [5.74, 6) is -0.360. The fraction of sp³-hybridized carbons (Fsp3) is 0.0870. The van der Waals surface area contributed by atoms with Gasteiger partial charge in [-0.25, -0.2) is 12.8 Å². The monoisotopic (exact) mass is 438 g/mol. The lowest BCUT2D eigenvalue weighted by atomic mass is 10.1. The molecule has 0 aliphatic carbocycles. The first-order chi connectivity index (χ1) is 15.0. The number of ether oxygens (including phenoxy) is 1. The van der Waals surface area contributed by atoms with Gasteiger partial charge in [-0.05, 0) is 29.8 Å². The van der Waals surface area contributed by atoms with Crippen molar-refractivity contribution in [3.63, 3.8) is 0 Å². The Morgan fingerprint density at radius 2 is 1.65 bits per heavy atom. The second-order valence-electron chi connectivity index (χ2n) is 6.69. The average molecular weight is 438 g/mol. The zero-order chi connectivity index (χ0) is 21.8. The van der Waals surface area contributed by atoms with E-state index in [1.165, 1.54) is 31.4 Å². The molecule has 4 rings (SSSR count). The Morgan fingerprint density at radius 1 is 0.968 bits per heavy atom. The SMILES string of the molecule is COc1c(F)cccc1-c1oc(Cc2ccccc2)nc1NS(=O)(=O)c1ccccc1. The van der Waals surface area contributed by atoms with E-state index in [4.69, 9.17) is 9.15 Å². The molecule has 0 fully saturated rings.